The molecule has 154 valence electrons. The molecule has 1 N–H and O–H groups in total. The van der Waals surface area contributed by atoms with Crippen LogP contribution < -0.4 is 14.8 Å². The number of esters is 1. The Morgan fingerprint density at radius 1 is 1.14 bits per heavy atom. The molecule has 2 aromatic rings. The van der Waals surface area contributed by atoms with Gasteiger partial charge in [0.15, 0.2) is 11.5 Å². The number of nitrogens with one attached hydrogen (secondary N) is 1. The molecule has 0 saturated carbocycles. The number of methoxy groups -OCH3 is 2. The summed E-state index contributed by atoms with van der Waals surface area (Å²) in [6.07, 6.45) is -0.103. The number of amides is 1. The third-order valence-electron chi connectivity index (χ3n) is 4.88. The molecule has 0 saturated heterocycles. The third kappa shape index (κ3) is 4.32. The highest BCUT2D eigenvalue weighted by Crippen LogP contribution is 2.45. The van der Waals surface area contributed by atoms with Crippen LogP contribution in [0.4, 0.5) is 5.69 Å². The SMILES string of the molecule is COc1cccc(C2CC(C(=O)OC(C)C)C(=O)Nc3ccc(Cl)cc32)c1OC. The van der Waals surface area contributed by atoms with Crippen LogP contribution in [0.5, 0.6) is 11.5 Å². The average Bonchev–Trinajstić information content (AvgIpc) is 2.82. The lowest BCUT2D eigenvalue weighted by atomic mass is 9.83. The van der Waals surface area contributed by atoms with E-state index in [4.69, 9.17) is 25.8 Å². The van der Waals surface area contributed by atoms with Gasteiger partial charge in [0.1, 0.15) is 5.92 Å². The lowest BCUT2D eigenvalue weighted by Gasteiger charge is -2.23. The maximum atomic E-state index is 12.8. The highest BCUT2D eigenvalue weighted by atomic mass is 35.5. The van der Waals surface area contributed by atoms with E-state index in [0.29, 0.717) is 22.2 Å². The fraction of sp³-hybridized carbons (Fsp3) is 0.364. The summed E-state index contributed by atoms with van der Waals surface area (Å²) in [5.41, 5.74) is 2.21. The van der Waals surface area contributed by atoms with Crippen molar-refractivity contribution in [3.05, 3.63) is 52.5 Å². The number of benzene rings is 2. The molecule has 29 heavy (non-hydrogen) atoms. The van der Waals surface area contributed by atoms with Crippen LogP contribution >= 0.6 is 11.6 Å². The van der Waals surface area contributed by atoms with Crippen LogP contribution in [-0.2, 0) is 14.3 Å². The number of carbonyl (C=O) groups is 2. The Morgan fingerprint density at radius 3 is 2.55 bits per heavy atom. The van der Waals surface area contributed by atoms with Gasteiger partial charge >= 0.3 is 5.97 Å². The van der Waals surface area contributed by atoms with Crippen LogP contribution in [-0.4, -0.2) is 32.2 Å². The van der Waals surface area contributed by atoms with Gasteiger partial charge in [-0.2, -0.15) is 0 Å². The van der Waals surface area contributed by atoms with Crippen LogP contribution in [0.1, 0.15) is 37.3 Å². The largest absolute Gasteiger partial charge is 0.493 e. The minimum absolute atomic E-state index is 0.217. The lowest BCUT2D eigenvalue weighted by molar-refractivity contribution is -0.155. The molecule has 2 unspecified atom stereocenters. The first-order valence-electron chi connectivity index (χ1n) is 9.37. The van der Waals surface area contributed by atoms with Gasteiger partial charge in [-0.15, -0.1) is 0 Å². The minimum Gasteiger partial charge on any atom is -0.493 e. The number of rotatable bonds is 5. The second-order valence-corrected chi connectivity index (χ2v) is 7.57. The summed E-state index contributed by atoms with van der Waals surface area (Å²) in [7, 11) is 3.12. The molecule has 0 fully saturated rings. The summed E-state index contributed by atoms with van der Waals surface area (Å²) in [4.78, 5) is 25.5. The second-order valence-electron chi connectivity index (χ2n) is 7.13. The zero-order valence-corrected chi connectivity index (χ0v) is 17.6. The van der Waals surface area contributed by atoms with E-state index >= 15 is 0 Å². The molecule has 1 heterocycles. The summed E-state index contributed by atoms with van der Waals surface area (Å²) < 4.78 is 16.4. The van der Waals surface area contributed by atoms with Gasteiger partial charge < -0.3 is 19.5 Å². The zero-order chi connectivity index (χ0) is 21.1. The first-order valence-corrected chi connectivity index (χ1v) is 9.75. The molecule has 1 aliphatic rings. The Morgan fingerprint density at radius 2 is 1.90 bits per heavy atom. The van der Waals surface area contributed by atoms with Gasteiger partial charge in [-0.1, -0.05) is 23.7 Å². The molecule has 1 amide bonds. The summed E-state index contributed by atoms with van der Waals surface area (Å²) in [5, 5.41) is 3.38. The highest BCUT2D eigenvalue weighted by molar-refractivity contribution is 6.30. The normalized spacial score (nSPS) is 18.5. The van der Waals surface area contributed by atoms with E-state index < -0.39 is 17.8 Å². The van der Waals surface area contributed by atoms with Crippen molar-refractivity contribution in [2.45, 2.75) is 32.3 Å². The van der Waals surface area contributed by atoms with Gasteiger partial charge in [-0.3, -0.25) is 9.59 Å². The van der Waals surface area contributed by atoms with Crippen molar-refractivity contribution in [3.63, 3.8) is 0 Å². The monoisotopic (exact) mass is 417 g/mol. The Hall–Kier alpha value is -2.73. The Bertz CT molecular complexity index is 927. The van der Waals surface area contributed by atoms with Crippen molar-refractivity contribution in [1.29, 1.82) is 0 Å². The average molecular weight is 418 g/mol. The number of fused-ring (bicyclic) bond motifs is 1. The summed E-state index contributed by atoms with van der Waals surface area (Å²) in [5.74, 6) is -1.14. The van der Waals surface area contributed by atoms with E-state index in [-0.39, 0.29) is 18.4 Å². The molecule has 6 nitrogen and oxygen atoms in total. The van der Waals surface area contributed by atoms with Gasteiger partial charge in [0, 0.05) is 22.2 Å². The number of hydrogen-bond donors (Lipinski definition) is 1. The zero-order valence-electron chi connectivity index (χ0n) is 16.8. The maximum Gasteiger partial charge on any atom is 0.318 e. The van der Waals surface area contributed by atoms with E-state index in [0.717, 1.165) is 11.1 Å². The second kappa shape index (κ2) is 8.74. The van der Waals surface area contributed by atoms with Crippen LogP contribution in [0.3, 0.4) is 0 Å². The third-order valence-corrected chi connectivity index (χ3v) is 5.12. The molecule has 3 rings (SSSR count). The van der Waals surface area contributed by atoms with E-state index in [2.05, 4.69) is 5.32 Å². The highest BCUT2D eigenvalue weighted by Gasteiger charge is 2.38. The van der Waals surface area contributed by atoms with Crippen LogP contribution in [0.15, 0.2) is 36.4 Å². The van der Waals surface area contributed by atoms with Gasteiger partial charge in [0.25, 0.3) is 0 Å². The van der Waals surface area contributed by atoms with Gasteiger partial charge in [0.2, 0.25) is 5.91 Å². The number of anilines is 1. The number of carbonyl (C=O) groups excluding carboxylic acids is 2. The topological polar surface area (TPSA) is 73.9 Å². The first kappa shape index (κ1) is 21.0. The number of ether oxygens (including phenoxy) is 3. The smallest absolute Gasteiger partial charge is 0.318 e. The molecule has 1 aliphatic heterocycles. The van der Waals surface area contributed by atoms with Crippen LogP contribution in [0, 0.1) is 5.92 Å². The molecule has 0 spiro atoms. The predicted octanol–water partition coefficient (Wildman–Crippen LogP) is 4.40. The van der Waals surface area contributed by atoms with Gasteiger partial charge in [0.05, 0.1) is 20.3 Å². The molecule has 0 bridgehead atoms. The summed E-state index contributed by atoms with van der Waals surface area (Å²) in [6, 6.07) is 10.8. The number of para-hydroxylation sites is 1. The standard InChI is InChI=1S/C22H24ClNO5/c1-12(2)29-22(26)17-11-15(14-6-5-7-19(27-3)20(14)28-4)16-10-13(23)8-9-18(16)24-21(17)25/h5-10,12,15,17H,11H2,1-4H3,(H,24,25). The molecule has 0 radical (unpaired) electrons. The van der Waals surface area contributed by atoms with Crippen molar-refractivity contribution in [2.24, 2.45) is 5.92 Å². The quantitative estimate of drug-likeness (QED) is 0.576. The Balaban J connectivity index is 2.16. The van der Waals surface area contributed by atoms with Crippen molar-refractivity contribution < 1.29 is 23.8 Å². The van der Waals surface area contributed by atoms with Crippen LogP contribution in [0.2, 0.25) is 5.02 Å². The van der Waals surface area contributed by atoms with Gasteiger partial charge in [-0.25, -0.2) is 0 Å². The fourth-order valence-corrected chi connectivity index (χ4v) is 3.80. The molecule has 2 aromatic carbocycles. The maximum absolute atomic E-state index is 12.8. The van der Waals surface area contributed by atoms with Gasteiger partial charge in [-0.05, 0) is 50.1 Å². The molecular weight excluding hydrogens is 394 g/mol. The molecular formula is C22H24ClNO5. The van der Waals surface area contributed by atoms with Crippen molar-refractivity contribution >= 4 is 29.2 Å². The first-order chi connectivity index (χ1) is 13.8. The van der Waals surface area contributed by atoms with Crippen LogP contribution in [0.25, 0.3) is 0 Å². The molecule has 2 atom stereocenters. The van der Waals surface area contributed by atoms with E-state index in [1.54, 1.807) is 52.3 Å². The van der Waals surface area contributed by atoms with E-state index in [1.807, 2.05) is 12.1 Å². The molecule has 7 heteroatoms. The van der Waals surface area contributed by atoms with Crippen molar-refractivity contribution in [2.75, 3.05) is 19.5 Å². The minimum atomic E-state index is -0.968. The fourth-order valence-electron chi connectivity index (χ4n) is 3.62. The number of halogens is 1. The predicted molar refractivity (Wildman–Crippen MR) is 111 cm³/mol. The van der Waals surface area contributed by atoms with E-state index in [9.17, 15) is 9.59 Å². The Kier molecular flexibility index (Phi) is 6.33. The summed E-state index contributed by atoms with van der Waals surface area (Å²) in [6.45, 7) is 3.51. The Labute approximate surface area is 175 Å². The lowest BCUT2D eigenvalue weighted by Crippen LogP contribution is -2.32. The van der Waals surface area contributed by atoms with E-state index in [1.165, 1.54) is 0 Å². The van der Waals surface area contributed by atoms with Crippen molar-refractivity contribution in [3.8, 4) is 11.5 Å². The van der Waals surface area contributed by atoms with Crippen molar-refractivity contribution in [1.82, 2.24) is 0 Å². The summed E-state index contributed by atoms with van der Waals surface area (Å²) >= 11 is 6.26. The molecule has 0 aliphatic carbocycles. The molecule has 0 aromatic heterocycles. The number of hydrogen-bond acceptors (Lipinski definition) is 5.